The summed E-state index contributed by atoms with van der Waals surface area (Å²) in [5, 5.41) is 4.05. The number of amides is 1. The zero-order chi connectivity index (χ0) is 17.1. The number of ether oxygens (including phenoxy) is 2. The molecule has 0 saturated heterocycles. The van der Waals surface area contributed by atoms with Crippen LogP contribution in [0.1, 0.15) is 24.1 Å². The Kier molecular flexibility index (Phi) is 5.17. The van der Waals surface area contributed by atoms with Gasteiger partial charge in [-0.25, -0.2) is 0 Å². The highest BCUT2D eigenvalue weighted by Crippen LogP contribution is 2.31. The minimum absolute atomic E-state index is 0.0924. The van der Waals surface area contributed by atoms with Crippen molar-refractivity contribution in [1.29, 1.82) is 0 Å². The molecule has 1 N–H and O–H groups in total. The zero-order valence-corrected chi connectivity index (χ0v) is 14.7. The van der Waals surface area contributed by atoms with E-state index in [4.69, 9.17) is 32.7 Å². The molecule has 0 bridgehead atoms. The quantitative estimate of drug-likeness (QED) is 0.883. The van der Waals surface area contributed by atoms with Gasteiger partial charge in [-0.05, 0) is 42.3 Å². The standard InChI is InChI=1S/C18H17Cl2NO3/c1-11(14-4-3-13(19)10-15(14)20)21-18(22)9-12-2-5-16-17(8-12)24-7-6-23-16/h2-5,8,10-11H,6-7,9H2,1H3,(H,21,22)/t11-/m0/s1. The van der Waals surface area contributed by atoms with Crippen molar-refractivity contribution in [3.8, 4) is 11.5 Å². The van der Waals surface area contributed by atoms with Crippen molar-refractivity contribution in [3.63, 3.8) is 0 Å². The molecule has 0 radical (unpaired) electrons. The van der Waals surface area contributed by atoms with Crippen molar-refractivity contribution in [2.75, 3.05) is 13.2 Å². The van der Waals surface area contributed by atoms with E-state index in [9.17, 15) is 4.79 Å². The summed E-state index contributed by atoms with van der Waals surface area (Å²) in [6, 6.07) is 10.6. The van der Waals surface area contributed by atoms with E-state index in [-0.39, 0.29) is 18.4 Å². The van der Waals surface area contributed by atoms with Gasteiger partial charge in [-0.2, -0.15) is 0 Å². The van der Waals surface area contributed by atoms with Gasteiger partial charge in [0.25, 0.3) is 0 Å². The summed E-state index contributed by atoms with van der Waals surface area (Å²) in [4.78, 5) is 12.3. The van der Waals surface area contributed by atoms with Crippen molar-refractivity contribution in [3.05, 3.63) is 57.6 Å². The number of hydrogen-bond donors (Lipinski definition) is 1. The van der Waals surface area contributed by atoms with E-state index in [1.54, 1.807) is 12.1 Å². The van der Waals surface area contributed by atoms with Crippen molar-refractivity contribution in [2.24, 2.45) is 0 Å². The van der Waals surface area contributed by atoms with Crippen LogP contribution in [0, 0.1) is 0 Å². The number of halogens is 2. The second-order valence-electron chi connectivity index (χ2n) is 5.61. The van der Waals surface area contributed by atoms with Crippen LogP contribution in [-0.4, -0.2) is 19.1 Å². The molecule has 0 unspecified atom stereocenters. The molecule has 1 amide bonds. The number of carbonyl (C=O) groups excluding carboxylic acids is 1. The van der Waals surface area contributed by atoms with Crippen LogP contribution < -0.4 is 14.8 Å². The lowest BCUT2D eigenvalue weighted by Gasteiger charge is -2.19. The van der Waals surface area contributed by atoms with Gasteiger partial charge in [0.05, 0.1) is 12.5 Å². The second-order valence-corrected chi connectivity index (χ2v) is 6.45. The average molecular weight is 366 g/mol. The van der Waals surface area contributed by atoms with E-state index < -0.39 is 0 Å². The molecular weight excluding hydrogens is 349 g/mol. The number of hydrogen-bond acceptors (Lipinski definition) is 3. The monoisotopic (exact) mass is 365 g/mol. The third kappa shape index (κ3) is 3.94. The molecule has 6 heteroatoms. The van der Waals surface area contributed by atoms with E-state index in [0.29, 0.717) is 34.8 Å². The molecule has 0 saturated carbocycles. The molecule has 0 aromatic heterocycles. The Morgan fingerprint density at radius 1 is 1.12 bits per heavy atom. The highest BCUT2D eigenvalue weighted by atomic mass is 35.5. The second kappa shape index (κ2) is 7.32. The van der Waals surface area contributed by atoms with Gasteiger partial charge in [0.2, 0.25) is 5.91 Å². The third-order valence-corrected chi connectivity index (χ3v) is 4.34. The maximum Gasteiger partial charge on any atom is 0.224 e. The van der Waals surface area contributed by atoms with Gasteiger partial charge in [-0.1, -0.05) is 35.3 Å². The van der Waals surface area contributed by atoms with E-state index >= 15 is 0 Å². The van der Waals surface area contributed by atoms with E-state index in [0.717, 1.165) is 11.1 Å². The van der Waals surface area contributed by atoms with E-state index in [2.05, 4.69) is 5.32 Å². The van der Waals surface area contributed by atoms with E-state index in [1.165, 1.54) is 0 Å². The van der Waals surface area contributed by atoms with E-state index in [1.807, 2.05) is 31.2 Å². The average Bonchev–Trinajstić information content (AvgIpc) is 2.54. The van der Waals surface area contributed by atoms with Crippen LogP contribution in [0.3, 0.4) is 0 Å². The van der Waals surface area contributed by atoms with Gasteiger partial charge in [-0.15, -0.1) is 0 Å². The molecule has 1 aliphatic rings. The van der Waals surface area contributed by atoms with Gasteiger partial charge in [-0.3, -0.25) is 4.79 Å². The first-order valence-electron chi connectivity index (χ1n) is 7.66. The maximum atomic E-state index is 12.3. The Morgan fingerprint density at radius 3 is 2.62 bits per heavy atom. The minimum Gasteiger partial charge on any atom is -0.486 e. The van der Waals surface area contributed by atoms with Crippen molar-refractivity contribution < 1.29 is 14.3 Å². The molecule has 2 aromatic carbocycles. The summed E-state index contributed by atoms with van der Waals surface area (Å²) in [6.07, 6.45) is 0.256. The molecule has 0 fully saturated rings. The van der Waals surface area contributed by atoms with Gasteiger partial charge < -0.3 is 14.8 Å². The first kappa shape index (κ1) is 16.9. The highest BCUT2D eigenvalue weighted by Gasteiger charge is 2.16. The smallest absolute Gasteiger partial charge is 0.224 e. The molecule has 1 aliphatic heterocycles. The summed E-state index contributed by atoms with van der Waals surface area (Å²) in [5.74, 6) is 1.30. The maximum absolute atomic E-state index is 12.3. The van der Waals surface area contributed by atoms with Crippen LogP contribution in [-0.2, 0) is 11.2 Å². The topological polar surface area (TPSA) is 47.6 Å². The van der Waals surface area contributed by atoms with Crippen molar-refractivity contribution in [1.82, 2.24) is 5.32 Å². The largest absolute Gasteiger partial charge is 0.486 e. The Balaban J connectivity index is 1.65. The normalized spacial score (nSPS) is 14.1. The summed E-state index contributed by atoms with van der Waals surface area (Å²) >= 11 is 12.1. The predicted molar refractivity (Wildman–Crippen MR) is 94.2 cm³/mol. The molecule has 2 aromatic rings. The number of carbonyl (C=O) groups is 1. The molecule has 126 valence electrons. The predicted octanol–water partition coefficient (Wildman–Crippen LogP) is 4.18. The van der Waals surface area contributed by atoms with Crippen LogP contribution in [0.5, 0.6) is 11.5 Å². The summed E-state index contributed by atoms with van der Waals surface area (Å²) < 4.78 is 11.0. The van der Waals surface area contributed by atoms with Crippen LogP contribution >= 0.6 is 23.2 Å². The number of fused-ring (bicyclic) bond motifs is 1. The lowest BCUT2D eigenvalue weighted by Crippen LogP contribution is -2.28. The van der Waals surface area contributed by atoms with Crippen molar-refractivity contribution in [2.45, 2.75) is 19.4 Å². The number of rotatable bonds is 4. The molecule has 1 atom stereocenters. The van der Waals surface area contributed by atoms with Crippen LogP contribution in [0.4, 0.5) is 0 Å². The van der Waals surface area contributed by atoms with Crippen molar-refractivity contribution >= 4 is 29.1 Å². The fourth-order valence-corrected chi connectivity index (χ4v) is 3.18. The zero-order valence-electron chi connectivity index (χ0n) is 13.1. The number of nitrogens with one attached hydrogen (secondary N) is 1. The molecular formula is C18H17Cl2NO3. The Morgan fingerprint density at radius 2 is 1.88 bits per heavy atom. The third-order valence-electron chi connectivity index (χ3n) is 3.78. The Bertz CT molecular complexity index is 764. The van der Waals surface area contributed by atoms with Crippen LogP contribution in [0.2, 0.25) is 10.0 Å². The fourth-order valence-electron chi connectivity index (χ4n) is 2.61. The van der Waals surface area contributed by atoms with Gasteiger partial charge in [0.1, 0.15) is 13.2 Å². The van der Waals surface area contributed by atoms with Gasteiger partial charge >= 0.3 is 0 Å². The van der Waals surface area contributed by atoms with Gasteiger partial charge in [0.15, 0.2) is 11.5 Å². The lowest BCUT2D eigenvalue weighted by atomic mass is 10.1. The first-order valence-corrected chi connectivity index (χ1v) is 8.41. The molecule has 1 heterocycles. The minimum atomic E-state index is -0.209. The Hall–Kier alpha value is -1.91. The molecule has 24 heavy (non-hydrogen) atoms. The summed E-state index contributed by atoms with van der Waals surface area (Å²) in [7, 11) is 0. The first-order chi connectivity index (χ1) is 11.5. The fraction of sp³-hybridized carbons (Fsp3) is 0.278. The summed E-state index contributed by atoms with van der Waals surface area (Å²) in [6.45, 7) is 2.96. The molecule has 0 aliphatic carbocycles. The molecule has 3 rings (SSSR count). The molecule has 0 spiro atoms. The van der Waals surface area contributed by atoms with Crippen LogP contribution in [0.15, 0.2) is 36.4 Å². The SMILES string of the molecule is C[C@H](NC(=O)Cc1ccc2c(c1)OCCO2)c1ccc(Cl)cc1Cl. The summed E-state index contributed by atoms with van der Waals surface area (Å²) in [5.41, 5.74) is 1.70. The van der Waals surface area contributed by atoms with Gasteiger partial charge in [0, 0.05) is 10.0 Å². The number of benzene rings is 2. The van der Waals surface area contributed by atoms with Crippen LogP contribution in [0.25, 0.3) is 0 Å². The highest BCUT2D eigenvalue weighted by molar-refractivity contribution is 6.35. The molecule has 4 nitrogen and oxygen atoms in total. The lowest BCUT2D eigenvalue weighted by molar-refractivity contribution is -0.121. The Labute approximate surface area is 150 Å².